The number of aromatic nitrogens is 5. The summed E-state index contributed by atoms with van der Waals surface area (Å²) in [7, 11) is 0. The third kappa shape index (κ3) is 6.62. The van der Waals surface area contributed by atoms with Crippen molar-refractivity contribution in [3.8, 4) is 51.5 Å². The molecule has 0 fully saturated rings. The molecule has 0 spiro atoms. The first-order valence-corrected chi connectivity index (χ1v) is 14.0. The molecule has 4 heterocycles. The summed E-state index contributed by atoms with van der Waals surface area (Å²) < 4.78 is 30.2. The maximum atomic E-state index is 7.93. The molecular formula is C38H21N5O2Pd2. The molecule has 0 saturated carbocycles. The minimum atomic E-state index is 0. The third-order valence-corrected chi connectivity index (χ3v) is 7.02. The van der Waals surface area contributed by atoms with Crippen molar-refractivity contribution in [3.05, 3.63) is 152 Å². The van der Waals surface area contributed by atoms with Gasteiger partial charge in [-0.3, -0.25) is 0 Å². The predicted molar refractivity (Wildman–Crippen MR) is 171 cm³/mol. The first-order chi connectivity index (χ1) is 23.1. The van der Waals surface area contributed by atoms with E-state index in [2.05, 4.69) is 44.2 Å². The van der Waals surface area contributed by atoms with Crippen LogP contribution in [0.5, 0.6) is 23.0 Å². The van der Waals surface area contributed by atoms with Crippen LogP contribution >= 0.6 is 0 Å². The van der Waals surface area contributed by atoms with E-state index in [1.54, 1.807) is 55.1 Å². The molecule has 0 bridgehead atoms. The van der Waals surface area contributed by atoms with E-state index in [4.69, 9.17) is 12.2 Å². The van der Waals surface area contributed by atoms with Gasteiger partial charge in [-0.2, -0.15) is 22.9 Å². The van der Waals surface area contributed by atoms with Crippen LogP contribution < -0.4 is 9.47 Å². The van der Waals surface area contributed by atoms with Crippen LogP contribution in [0.15, 0.2) is 128 Å². The number of benzene rings is 4. The number of hydrogen-bond acceptors (Lipinski definition) is 6. The standard InChI is InChI=1S/C38H21N5O2.2Pd/c1-3-18-39-34(12-1)26-8-5-10-28(22-26)44-30-14-16-32-33-17-15-31(25-37(33)43(36(32)24-30)38-41-20-7-21-42-38)45-29-11-6-9-27(23-29)35-13-2-4-19-40-35;;/h1-21H;;/q-4;2*+2/i1D,2D;;. The molecule has 8 rings (SSSR count). The molecule has 8 aromatic rings. The SMILES string of the molecule is [2H]c1ccnc(-c2[c-]c(Oc3[c-]c4c(cc3)c3ccc(Oc5[c-]c(-c6cc([2H])ccn6)ccc5)[c-]c3n4-c3ncccn3)ccc2)c1.[Pd+2].[Pd+2]. The normalized spacial score (nSPS) is 11.2. The second-order valence-electron chi connectivity index (χ2n) is 9.90. The molecule has 9 heteroatoms. The Bertz CT molecular complexity index is 2280. The predicted octanol–water partition coefficient (Wildman–Crippen LogP) is 8.48. The molecule has 0 aliphatic heterocycles. The van der Waals surface area contributed by atoms with Crippen molar-refractivity contribution in [1.29, 1.82) is 0 Å². The molecule has 230 valence electrons. The van der Waals surface area contributed by atoms with Gasteiger partial charge in [0.1, 0.15) is 0 Å². The van der Waals surface area contributed by atoms with Gasteiger partial charge in [-0.25, -0.2) is 9.97 Å². The zero-order chi connectivity index (χ0) is 31.7. The van der Waals surface area contributed by atoms with E-state index in [0.717, 1.165) is 21.9 Å². The van der Waals surface area contributed by atoms with Crippen LogP contribution in [0.1, 0.15) is 2.74 Å². The van der Waals surface area contributed by atoms with E-state index in [1.165, 1.54) is 0 Å². The second kappa shape index (κ2) is 14.2. The van der Waals surface area contributed by atoms with Gasteiger partial charge in [0.2, 0.25) is 5.95 Å². The number of nitrogens with zero attached hydrogens (tertiary/aromatic N) is 5. The molecule has 0 radical (unpaired) electrons. The first-order valence-electron chi connectivity index (χ1n) is 15.0. The molecule has 7 nitrogen and oxygen atoms in total. The van der Waals surface area contributed by atoms with Crippen LogP contribution in [-0.4, -0.2) is 24.5 Å². The Hall–Kier alpha value is -5.02. The van der Waals surface area contributed by atoms with E-state index in [1.807, 2.05) is 65.2 Å². The largest absolute Gasteiger partial charge is 2.00 e. The molecule has 0 atom stereocenters. The van der Waals surface area contributed by atoms with Crippen LogP contribution in [0.3, 0.4) is 0 Å². The van der Waals surface area contributed by atoms with Crippen LogP contribution in [-0.2, 0) is 40.8 Å². The van der Waals surface area contributed by atoms with E-state index >= 15 is 0 Å². The molecule has 0 aliphatic rings. The summed E-state index contributed by atoms with van der Waals surface area (Å²) in [4.78, 5) is 17.8. The Kier molecular flexibility index (Phi) is 8.87. The first kappa shape index (κ1) is 29.4. The fraction of sp³-hybridized carbons (Fsp3) is 0. The van der Waals surface area contributed by atoms with E-state index in [9.17, 15) is 0 Å². The fourth-order valence-electron chi connectivity index (χ4n) is 5.05. The topological polar surface area (TPSA) is 75.0 Å². The van der Waals surface area contributed by atoms with Gasteiger partial charge >= 0.3 is 40.8 Å². The van der Waals surface area contributed by atoms with Gasteiger partial charge in [0.25, 0.3) is 0 Å². The van der Waals surface area contributed by atoms with Crippen molar-refractivity contribution < 1.29 is 53.1 Å². The number of ether oxygens (including phenoxy) is 2. The molecule has 0 N–H and O–H groups in total. The molecule has 0 saturated heterocycles. The van der Waals surface area contributed by atoms with Gasteiger partial charge < -0.3 is 24.0 Å². The summed E-state index contributed by atoms with van der Waals surface area (Å²) in [6.07, 6.45) is 6.57. The number of rotatable bonds is 7. The van der Waals surface area contributed by atoms with Crippen molar-refractivity contribution in [2.45, 2.75) is 0 Å². The zero-order valence-corrected chi connectivity index (χ0v) is 27.3. The van der Waals surface area contributed by atoms with Crippen LogP contribution in [0, 0.1) is 24.3 Å². The zero-order valence-electron chi connectivity index (χ0n) is 26.2. The molecule has 4 aromatic carbocycles. The summed E-state index contributed by atoms with van der Waals surface area (Å²) in [6.45, 7) is 0. The molecule has 4 aromatic heterocycles. The summed E-state index contributed by atoms with van der Waals surface area (Å²) >= 11 is 0. The molecule has 0 aliphatic carbocycles. The minimum Gasteiger partial charge on any atom is -0.503 e. The van der Waals surface area contributed by atoms with Crippen molar-refractivity contribution in [1.82, 2.24) is 24.5 Å². The third-order valence-electron chi connectivity index (χ3n) is 7.02. The molecular weight excluding hydrogens is 771 g/mol. The van der Waals surface area contributed by atoms with Gasteiger partial charge in [0, 0.05) is 47.8 Å². The molecule has 0 unspecified atom stereocenters. The van der Waals surface area contributed by atoms with Crippen LogP contribution in [0.4, 0.5) is 0 Å². The van der Waals surface area contributed by atoms with Crippen molar-refractivity contribution >= 4 is 21.8 Å². The van der Waals surface area contributed by atoms with Crippen molar-refractivity contribution in [3.63, 3.8) is 0 Å². The van der Waals surface area contributed by atoms with Crippen molar-refractivity contribution in [2.24, 2.45) is 0 Å². The quantitative estimate of drug-likeness (QED) is 0.119. The van der Waals surface area contributed by atoms with Gasteiger partial charge in [-0.1, -0.05) is 47.4 Å². The van der Waals surface area contributed by atoms with E-state index in [-0.39, 0.29) is 40.8 Å². The monoisotopic (exact) mass is 793 g/mol. The smallest absolute Gasteiger partial charge is 0.503 e. The van der Waals surface area contributed by atoms with Gasteiger partial charge in [-0.05, 0) is 29.6 Å². The fourth-order valence-corrected chi connectivity index (χ4v) is 5.05. The van der Waals surface area contributed by atoms with E-state index < -0.39 is 0 Å². The second-order valence-corrected chi connectivity index (χ2v) is 9.90. The van der Waals surface area contributed by atoms with Gasteiger partial charge in [0.05, 0.1) is 2.74 Å². The van der Waals surface area contributed by atoms with E-state index in [0.29, 0.717) is 63.5 Å². The van der Waals surface area contributed by atoms with Crippen LogP contribution in [0.2, 0.25) is 0 Å². The number of hydrogen-bond donors (Lipinski definition) is 0. The average molecular weight is 794 g/mol. The summed E-state index contributed by atoms with van der Waals surface area (Å²) in [5.74, 6) is 2.36. The Balaban J connectivity index is 0.00000208. The number of fused-ring (bicyclic) bond motifs is 3. The molecule has 0 amide bonds. The Morgan fingerprint density at radius 1 is 0.489 bits per heavy atom. The van der Waals surface area contributed by atoms with Gasteiger partial charge in [0.15, 0.2) is 0 Å². The maximum Gasteiger partial charge on any atom is 2.00 e. The summed E-state index contributed by atoms with van der Waals surface area (Å²) in [6, 6.07) is 41.2. The van der Waals surface area contributed by atoms with Crippen LogP contribution in [0.25, 0.3) is 50.3 Å². The average Bonchev–Trinajstić information content (AvgIpc) is 3.41. The summed E-state index contributed by atoms with van der Waals surface area (Å²) in [5.41, 5.74) is 4.12. The number of pyridine rings is 2. The minimum absolute atomic E-state index is 0. The Morgan fingerprint density at radius 3 is 1.45 bits per heavy atom. The molecule has 47 heavy (non-hydrogen) atoms. The summed E-state index contributed by atoms with van der Waals surface area (Å²) in [5, 5.41) is 1.82. The Morgan fingerprint density at radius 2 is 0.957 bits per heavy atom. The van der Waals surface area contributed by atoms with Gasteiger partial charge in [-0.15, -0.1) is 71.8 Å². The Labute approximate surface area is 301 Å². The maximum absolute atomic E-state index is 7.93. The van der Waals surface area contributed by atoms with Crippen molar-refractivity contribution in [2.75, 3.05) is 0 Å².